The van der Waals surface area contributed by atoms with Gasteiger partial charge >= 0.3 is 0 Å². The lowest BCUT2D eigenvalue weighted by Gasteiger charge is -2.22. The molecular weight excluding hydrogens is 461 g/mol. The van der Waals surface area contributed by atoms with Gasteiger partial charge in [0.25, 0.3) is 5.91 Å². The lowest BCUT2D eigenvalue weighted by atomic mass is 9.97. The second kappa shape index (κ2) is 8.41. The minimum Gasteiger partial charge on any atom is -0.284 e. The number of carbonyl (C=O) groups excluding carboxylic acids is 1. The molecule has 10 heteroatoms. The number of amides is 1. The van der Waals surface area contributed by atoms with E-state index in [4.69, 9.17) is 11.6 Å². The Balaban J connectivity index is 1.76. The lowest BCUT2D eigenvalue weighted by molar-refractivity contribution is 0.0714. The van der Waals surface area contributed by atoms with Gasteiger partial charge in [-0.25, -0.2) is 17.8 Å². The number of rotatable bonds is 5. The van der Waals surface area contributed by atoms with Crippen LogP contribution in [0.4, 0.5) is 10.1 Å². The number of hydrazone groups is 1. The summed E-state index contributed by atoms with van der Waals surface area (Å²) in [6, 6.07) is 13.7. The van der Waals surface area contributed by atoms with E-state index in [1.807, 2.05) is 0 Å². The fourth-order valence-electron chi connectivity index (χ4n) is 3.42. The van der Waals surface area contributed by atoms with E-state index < -0.39 is 21.9 Å². The van der Waals surface area contributed by atoms with Crippen LogP contribution >= 0.6 is 22.9 Å². The first-order valence-electron chi connectivity index (χ1n) is 9.19. The van der Waals surface area contributed by atoms with Crippen LogP contribution < -0.4 is 4.72 Å². The number of benzene rings is 2. The van der Waals surface area contributed by atoms with Gasteiger partial charge in [-0.15, -0.1) is 11.3 Å². The average Bonchev–Trinajstić information content (AvgIpc) is 3.37. The smallest absolute Gasteiger partial charge is 0.284 e. The van der Waals surface area contributed by atoms with E-state index in [9.17, 15) is 17.6 Å². The molecule has 4 rings (SSSR count). The molecule has 1 aliphatic rings. The van der Waals surface area contributed by atoms with Gasteiger partial charge in [0.15, 0.2) is 0 Å². The zero-order chi connectivity index (χ0) is 22.2. The highest BCUT2D eigenvalue weighted by Gasteiger charge is 2.36. The summed E-state index contributed by atoms with van der Waals surface area (Å²) in [5.74, 6) is -0.884. The van der Waals surface area contributed by atoms with Crippen LogP contribution in [-0.2, 0) is 10.0 Å². The second-order valence-corrected chi connectivity index (χ2v) is 10.1. The molecule has 6 nitrogen and oxygen atoms in total. The van der Waals surface area contributed by atoms with Crippen molar-refractivity contribution in [3.8, 4) is 0 Å². The number of nitrogens with zero attached hydrogens (tertiary/aromatic N) is 2. The zero-order valence-electron chi connectivity index (χ0n) is 16.2. The van der Waals surface area contributed by atoms with Crippen LogP contribution in [-0.4, -0.2) is 31.3 Å². The molecule has 0 aliphatic carbocycles. The predicted molar refractivity (Wildman–Crippen MR) is 121 cm³/mol. The van der Waals surface area contributed by atoms with Crippen LogP contribution in [0, 0.1) is 5.82 Å². The number of anilines is 1. The quantitative estimate of drug-likeness (QED) is 0.567. The maximum Gasteiger partial charge on any atom is 0.284 e. The predicted octanol–water partition coefficient (Wildman–Crippen LogP) is 4.90. The molecule has 1 amide bonds. The van der Waals surface area contributed by atoms with Crippen LogP contribution in [0.3, 0.4) is 0 Å². The summed E-state index contributed by atoms with van der Waals surface area (Å²) in [5.41, 5.74) is 1.70. The van der Waals surface area contributed by atoms with E-state index in [0.29, 0.717) is 21.8 Å². The number of hydrogen-bond acceptors (Lipinski definition) is 5. The SMILES string of the molecule is CS(=O)(=O)Nc1cccc(C2=NN(C(=O)c3cccs3)C(c3c(F)cccc3Cl)C2)c1. The molecule has 0 spiro atoms. The van der Waals surface area contributed by atoms with Crippen molar-refractivity contribution < 1.29 is 17.6 Å². The number of hydrogen-bond donors (Lipinski definition) is 1. The van der Waals surface area contributed by atoms with Gasteiger partial charge in [0, 0.05) is 22.7 Å². The van der Waals surface area contributed by atoms with E-state index in [-0.39, 0.29) is 22.9 Å². The minimum atomic E-state index is -3.46. The van der Waals surface area contributed by atoms with Crippen LogP contribution in [0.2, 0.25) is 5.02 Å². The van der Waals surface area contributed by atoms with Gasteiger partial charge in [-0.05, 0) is 41.3 Å². The summed E-state index contributed by atoms with van der Waals surface area (Å²) in [6.45, 7) is 0. The molecule has 0 bridgehead atoms. The first-order valence-corrected chi connectivity index (χ1v) is 12.3. The summed E-state index contributed by atoms with van der Waals surface area (Å²) >= 11 is 7.56. The molecule has 1 aliphatic heterocycles. The van der Waals surface area contributed by atoms with Crippen LogP contribution in [0.1, 0.15) is 33.3 Å². The molecule has 31 heavy (non-hydrogen) atoms. The Bertz CT molecular complexity index is 1260. The molecule has 3 aromatic rings. The van der Waals surface area contributed by atoms with Gasteiger partial charge in [-0.2, -0.15) is 5.10 Å². The van der Waals surface area contributed by atoms with Gasteiger partial charge in [0.2, 0.25) is 10.0 Å². The molecule has 2 heterocycles. The largest absolute Gasteiger partial charge is 0.284 e. The second-order valence-electron chi connectivity index (χ2n) is 6.98. The zero-order valence-corrected chi connectivity index (χ0v) is 18.6. The summed E-state index contributed by atoms with van der Waals surface area (Å²) in [6.07, 6.45) is 1.28. The third-order valence-electron chi connectivity index (χ3n) is 4.68. The Hall–Kier alpha value is -2.75. The normalized spacial score (nSPS) is 16.3. The van der Waals surface area contributed by atoms with Crippen LogP contribution in [0.25, 0.3) is 0 Å². The molecule has 0 saturated heterocycles. The highest BCUT2D eigenvalue weighted by molar-refractivity contribution is 7.92. The minimum absolute atomic E-state index is 0.193. The van der Waals surface area contributed by atoms with Gasteiger partial charge in [-0.1, -0.05) is 35.9 Å². The Morgan fingerprint density at radius 3 is 2.68 bits per heavy atom. The van der Waals surface area contributed by atoms with E-state index in [1.165, 1.54) is 28.5 Å². The van der Waals surface area contributed by atoms with E-state index in [1.54, 1.807) is 47.8 Å². The van der Waals surface area contributed by atoms with Gasteiger partial charge in [0.1, 0.15) is 5.82 Å². The van der Waals surface area contributed by atoms with E-state index in [2.05, 4.69) is 9.82 Å². The topological polar surface area (TPSA) is 78.8 Å². The average molecular weight is 478 g/mol. The third-order valence-corrected chi connectivity index (χ3v) is 6.48. The van der Waals surface area contributed by atoms with Crippen molar-refractivity contribution in [2.45, 2.75) is 12.5 Å². The third kappa shape index (κ3) is 4.63. The fraction of sp³-hybridized carbons (Fsp3) is 0.143. The Morgan fingerprint density at radius 2 is 2.00 bits per heavy atom. The molecule has 1 aromatic heterocycles. The molecule has 1 atom stereocenters. The van der Waals surface area contributed by atoms with Crippen molar-refractivity contribution in [3.05, 3.63) is 86.8 Å². The number of thiophene rings is 1. The Labute approximate surface area is 188 Å². The molecule has 0 radical (unpaired) electrons. The number of nitrogens with one attached hydrogen (secondary N) is 1. The van der Waals surface area contributed by atoms with Gasteiger partial charge in [0.05, 0.1) is 22.9 Å². The summed E-state index contributed by atoms with van der Waals surface area (Å²) in [7, 11) is -3.46. The first-order chi connectivity index (χ1) is 14.7. The maximum atomic E-state index is 14.7. The number of halogens is 2. The van der Waals surface area contributed by atoms with Gasteiger partial charge in [-0.3, -0.25) is 9.52 Å². The summed E-state index contributed by atoms with van der Waals surface area (Å²) < 4.78 is 40.3. The number of carbonyl (C=O) groups is 1. The molecule has 1 unspecified atom stereocenters. The van der Waals surface area contributed by atoms with Gasteiger partial charge < -0.3 is 0 Å². The molecule has 160 valence electrons. The highest BCUT2D eigenvalue weighted by atomic mass is 35.5. The summed E-state index contributed by atoms with van der Waals surface area (Å²) in [5, 5.41) is 7.73. The van der Waals surface area contributed by atoms with Crippen LogP contribution in [0.15, 0.2) is 65.1 Å². The highest BCUT2D eigenvalue weighted by Crippen LogP contribution is 2.39. The van der Waals surface area contributed by atoms with Crippen molar-refractivity contribution in [1.29, 1.82) is 0 Å². The first kappa shape index (κ1) is 21.5. The van der Waals surface area contributed by atoms with Crippen molar-refractivity contribution in [2.24, 2.45) is 5.10 Å². The molecule has 2 aromatic carbocycles. The van der Waals surface area contributed by atoms with Crippen molar-refractivity contribution in [2.75, 3.05) is 11.0 Å². The van der Waals surface area contributed by atoms with Crippen molar-refractivity contribution >= 4 is 50.3 Å². The molecule has 1 N–H and O–H groups in total. The fourth-order valence-corrected chi connectivity index (χ4v) is 4.91. The standard InChI is InChI=1S/C21H17ClFN3O3S2/c1-31(28,29)25-14-6-2-5-13(11-14)17-12-18(20-15(22)7-3-8-16(20)23)26(24-17)21(27)19-9-4-10-30-19/h2-11,18,25H,12H2,1H3. The van der Waals surface area contributed by atoms with Crippen molar-refractivity contribution in [3.63, 3.8) is 0 Å². The summed E-state index contributed by atoms with van der Waals surface area (Å²) in [4.78, 5) is 13.6. The van der Waals surface area contributed by atoms with Crippen molar-refractivity contribution in [1.82, 2.24) is 5.01 Å². The van der Waals surface area contributed by atoms with E-state index in [0.717, 1.165) is 6.26 Å². The molecular formula is C21H17ClFN3O3S2. The molecule has 0 saturated carbocycles. The Kier molecular flexibility index (Phi) is 5.83. The molecule has 0 fully saturated rings. The lowest BCUT2D eigenvalue weighted by Crippen LogP contribution is -2.27. The van der Waals surface area contributed by atoms with Crippen LogP contribution in [0.5, 0.6) is 0 Å². The monoisotopic (exact) mass is 477 g/mol. The van der Waals surface area contributed by atoms with E-state index >= 15 is 0 Å². The Morgan fingerprint density at radius 1 is 1.23 bits per heavy atom. The maximum absolute atomic E-state index is 14.7. The number of sulfonamides is 1.